The average molecular weight is 495 g/mol. The summed E-state index contributed by atoms with van der Waals surface area (Å²) in [5.41, 5.74) is 1.23. The highest BCUT2D eigenvalue weighted by Gasteiger charge is 2.22. The maximum absolute atomic E-state index is 12.9. The first-order valence-electron chi connectivity index (χ1n) is 10.6. The van der Waals surface area contributed by atoms with E-state index in [0.717, 1.165) is 5.56 Å². The Balaban J connectivity index is 1.54. The minimum absolute atomic E-state index is 0.0397. The summed E-state index contributed by atoms with van der Waals surface area (Å²) in [5, 5.41) is 0.617. The topological polar surface area (TPSA) is 68.7 Å². The van der Waals surface area contributed by atoms with Crippen molar-refractivity contribution < 1.29 is 17.9 Å². The van der Waals surface area contributed by atoms with Crippen LogP contribution in [-0.4, -0.2) is 19.2 Å². The van der Waals surface area contributed by atoms with Gasteiger partial charge in [0.25, 0.3) is 0 Å². The van der Waals surface area contributed by atoms with E-state index in [4.69, 9.17) is 21.1 Å². The van der Waals surface area contributed by atoms with E-state index >= 15 is 0 Å². The molecule has 0 saturated carbocycles. The summed E-state index contributed by atoms with van der Waals surface area (Å²) in [6.45, 7) is 1.74. The fraction of sp³-hybridized carbons (Fsp3) is 0.115. The molecular weight excluding hydrogens is 472 g/mol. The van der Waals surface area contributed by atoms with E-state index in [9.17, 15) is 8.42 Å². The SMILES string of the molecule is CCS(=O)(=O)N(Cc1ccc(Oc2ccc(Cl)cc2)nc1)c1cccc(Oc2ccccc2)c1. The van der Waals surface area contributed by atoms with E-state index in [1.165, 1.54) is 4.31 Å². The lowest BCUT2D eigenvalue weighted by atomic mass is 10.2. The highest BCUT2D eigenvalue weighted by Crippen LogP contribution is 2.29. The molecular formula is C26H23ClN2O4S. The quantitative estimate of drug-likeness (QED) is 0.260. The van der Waals surface area contributed by atoms with Crippen LogP contribution < -0.4 is 13.8 Å². The van der Waals surface area contributed by atoms with E-state index in [2.05, 4.69) is 4.98 Å². The standard InChI is InChI=1S/C26H23ClN2O4S/c1-2-34(30,31)29(22-7-6-10-25(17-22)32-23-8-4-3-5-9-23)19-20-11-16-26(28-18-20)33-24-14-12-21(27)13-15-24/h3-18H,2,19H2,1H3. The molecule has 0 saturated heterocycles. The van der Waals surface area contributed by atoms with Crippen molar-refractivity contribution in [2.45, 2.75) is 13.5 Å². The molecule has 6 nitrogen and oxygen atoms in total. The summed E-state index contributed by atoms with van der Waals surface area (Å²) in [6.07, 6.45) is 1.60. The predicted octanol–water partition coefficient (Wildman–Crippen LogP) is 6.68. The first-order chi connectivity index (χ1) is 16.4. The second kappa shape index (κ2) is 10.6. The number of nitrogens with zero attached hydrogens (tertiary/aromatic N) is 2. The number of aromatic nitrogens is 1. The summed E-state index contributed by atoms with van der Waals surface area (Å²) in [5.74, 6) is 2.18. The molecule has 0 aliphatic heterocycles. The normalized spacial score (nSPS) is 11.1. The Morgan fingerprint density at radius 2 is 1.53 bits per heavy atom. The van der Waals surface area contributed by atoms with Crippen LogP contribution in [-0.2, 0) is 16.6 Å². The number of para-hydroxylation sites is 1. The molecule has 0 fully saturated rings. The van der Waals surface area contributed by atoms with Gasteiger partial charge in [-0.3, -0.25) is 4.31 Å². The smallest absolute Gasteiger partial charge is 0.235 e. The molecule has 34 heavy (non-hydrogen) atoms. The van der Waals surface area contributed by atoms with Crippen LogP contribution in [0, 0.1) is 0 Å². The zero-order valence-electron chi connectivity index (χ0n) is 18.5. The Bertz CT molecular complexity index is 1330. The van der Waals surface area contributed by atoms with Gasteiger partial charge in [-0.25, -0.2) is 13.4 Å². The molecule has 0 atom stereocenters. The third-order valence-electron chi connectivity index (χ3n) is 4.94. The van der Waals surface area contributed by atoms with Crippen LogP contribution in [0.1, 0.15) is 12.5 Å². The molecule has 3 aromatic carbocycles. The molecule has 0 radical (unpaired) electrons. The predicted molar refractivity (Wildman–Crippen MR) is 134 cm³/mol. The van der Waals surface area contributed by atoms with Gasteiger partial charge in [-0.1, -0.05) is 41.9 Å². The monoisotopic (exact) mass is 494 g/mol. The molecule has 1 heterocycles. The molecule has 0 N–H and O–H groups in total. The van der Waals surface area contributed by atoms with Gasteiger partial charge in [0.05, 0.1) is 18.0 Å². The second-order valence-electron chi connectivity index (χ2n) is 7.38. The number of hydrogen-bond donors (Lipinski definition) is 0. The van der Waals surface area contributed by atoms with E-state index in [1.54, 1.807) is 73.8 Å². The Hall–Kier alpha value is -3.55. The van der Waals surface area contributed by atoms with Crippen molar-refractivity contribution in [2.75, 3.05) is 10.1 Å². The molecule has 0 aliphatic carbocycles. The third kappa shape index (κ3) is 6.07. The first kappa shape index (κ1) is 23.6. The molecule has 174 valence electrons. The van der Waals surface area contributed by atoms with Gasteiger partial charge in [-0.2, -0.15) is 0 Å². The van der Waals surface area contributed by atoms with Crippen molar-refractivity contribution in [3.63, 3.8) is 0 Å². The highest BCUT2D eigenvalue weighted by molar-refractivity contribution is 7.92. The zero-order chi connectivity index (χ0) is 24.0. The zero-order valence-corrected chi connectivity index (χ0v) is 20.0. The van der Waals surface area contributed by atoms with Crippen molar-refractivity contribution >= 4 is 27.3 Å². The third-order valence-corrected chi connectivity index (χ3v) is 6.94. The Kier molecular flexibility index (Phi) is 7.35. The van der Waals surface area contributed by atoms with Gasteiger partial charge in [0.1, 0.15) is 17.2 Å². The minimum Gasteiger partial charge on any atom is -0.457 e. The number of sulfonamides is 1. The molecule has 0 aliphatic rings. The van der Waals surface area contributed by atoms with Gasteiger partial charge in [0, 0.05) is 23.4 Å². The summed E-state index contributed by atoms with van der Waals surface area (Å²) >= 11 is 5.90. The number of ether oxygens (including phenoxy) is 2. The number of hydrogen-bond acceptors (Lipinski definition) is 5. The molecule has 0 bridgehead atoms. The van der Waals surface area contributed by atoms with Crippen LogP contribution >= 0.6 is 11.6 Å². The van der Waals surface area contributed by atoms with E-state index in [0.29, 0.717) is 33.8 Å². The number of anilines is 1. The van der Waals surface area contributed by atoms with Crippen LogP contribution in [0.4, 0.5) is 5.69 Å². The fourth-order valence-electron chi connectivity index (χ4n) is 3.19. The average Bonchev–Trinajstić information content (AvgIpc) is 2.85. The van der Waals surface area contributed by atoms with E-state index in [-0.39, 0.29) is 12.3 Å². The van der Waals surface area contributed by atoms with Crippen LogP contribution in [0.15, 0.2) is 97.2 Å². The van der Waals surface area contributed by atoms with Gasteiger partial charge in [0.2, 0.25) is 15.9 Å². The van der Waals surface area contributed by atoms with Crippen LogP contribution in [0.5, 0.6) is 23.1 Å². The van der Waals surface area contributed by atoms with Crippen molar-refractivity contribution in [2.24, 2.45) is 0 Å². The van der Waals surface area contributed by atoms with Gasteiger partial charge in [-0.05, 0) is 61.0 Å². The minimum atomic E-state index is -3.56. The number of benzene rings is 3. The van der Waals surface area contributed by atoms with Crippen molar-refractivity contribution in [1.29, 1.82) is 0 Å². The molecule has 1 aromatic heterocycles. The maximum Gasteiger partial charge on any atom is 0.235 e. The van der Waals surface area contributed by atoms with Gasteiger partial charge in [0.15, 0.2) is 0 Å². The molecule has 0 unspecified atom stereocenters. The van der Waals surface area contributed by atoms with Crippen LogP contribution in [0.3, 0.4) is 0 Å². The first-order valence-corrected chi connectivity index (χ1v) is 12.6. The lowest BCUT2D eigenvalue weighted by molar-refractivity contribution is 0.462. The summed E-state index contributed by atoms with van der Waals surface area (Å²) in [4.78, 5) is 4.32. The Morgan fingerprint density at radius 1 is 0.824 bits per heavy atom. The molecule has 8 heteroatoms. The van der Waals surface area contributed by atoms with Crippen LogP contribution in [0.25, 0.3) is 0 Å². The van der Waals surface area contributed by atoms with Gasteiger partial charge >= 0.3 is 0 Å². The molecule has 4 rings (SSSR count). The number of rotatable bonds is 9. The van der Waals surface area contributed by atoms with Crippen LogP contribution in [0.2, 0.25) is 5.02 Å². The second-order valence-corrected chi connectivity index (χ2v) is 10.00. The Labute approximate surface area is 204 Å². The summed E-state index contributed by atoms with van der Waals surface area (Å²) in [7, 11) is -3.56. The fourth-order valence-corrected chi connectivity index (χ4v) is 4.41. The molecule has 0 spiro atoms. The van der Waals surface area contributed by atoms with Crippen molar-refractivity contribution in [3.8, 4) is 23.1 Å². The van der Waals surface area contributed by atoms with E-state index in [1.807, 2.05) is 30.3 Å². The molecule has 0 amide bonds. The molecule has 4 aromatic rings. The largest absolute Gasteiger partial charge is 0.457 e. The highest BCUT2D eigenvalue weighted by atomic mass is 35.5. The Morgan fingerprint density at radius 3 is 2.21 bits per heavy atom. The van der Waals surface area contributed by atoms with Gasteiger partial charge in [-0.15, -0.1) is 0 Å². The number of pyridine rings is 1. The van der Waals surface area contributed by atoms with Gasteiger partial charge < -0.3 is 9.47 Å². The lowest BCUT2D eigenvalue weighted by Crippen LogP contribution is -2.31. The summed E-state index contributed by atoms with van der Waals surface area (Å²) in [6, 6.07) is 26.8. The van der Waals surface area contributed by atoms with E-state index < -0.39 is 10.0 Å². The summed E-state index contributed by atoms with van der Waals surface area (Å²) < 4.78 is 38.8. The number of halogens is 1. The van der Waals surface area contributed by atoms with Crippen molar-refractivity contribution in [3.05, 3.63) is 108 Å². The van der Waals surface area contributed by atoms with Crippen molar-refractivity contribution in [1.82, 2.24) is 4.98 Å². The lowest BCUT2D eigenvalue weighted by Gasteiger charge is -2.24. The maximum atomic E-state index is 12.9.